The smallest absolute Gasteiger partial charge is 0.291 e. The third kappa shape index (κ3) is 3.75. The molecule has 0 saturated carbocycles. The van der Waals surface area contributed by atoms with Gasteiger partial charge in [0.25, 0.3) is 11.8 Å². The molecule has 6 heteroatoms. The molecular weight excluding hydrogens is 380 g/mol. The maximum atomic E-state index is 12.6. The predicted octanol–water partition coefficient (Wildman–Crippen LogP) is 5.25. The first-order valence-corrected chi connectivity index (χ1v) is 9.40. The zero-order chi connectivity index (χ0) is 21.1. The van der Waals surface area contributed by atoms with E-state index in [-0.39, 0.29) is 17.6 Å². The number of rotatable bonds is 5. The fourth-order valence-electron chi connectivity index (χ4n) is 3.23. The lowest BCUT2D eigenvalue weighted by Crippen LogP contribution is -2.14. The first-order valence-electron chi connectivity index (χ1n) is 9.40. The van der Waals surface area contributed by atoms with Crippen molar-refractivity contribution >= 4 is 34.2 Å². The van der Waals surface area contributed by atoms with Crippen molar-refractivity contribution in [2.45, 2.75) is 6.92 Å². The summed E-state index contributed by atoms with van der Waals surface area (Å²) < 4.78 is 10.9. The van der Waals surface area contributed by atoms with Gasteiger partial charge in [0.05, 0.1) is 12.8 Å². The molecule has 1 aromatic heterocycles. The van der Waals surface area contributed by atoms with Crippen LogP contribution in [0.3, 0.4) is 0 Å². The summed E-state index contributed by atoms with van der Waals surface area (Å²) in [6.07, 6.45) is 0. The van der Waals surface area contributed by atoms with Gasteiger partial charge in [0, 0.05) is 22.2 Å². The summed E-state index contributed by atoms with van der Waals surface area (Å²) in [5, 5.41) is 6.54. The first-order chi connectivity index (χ1) is 14.6. The van der Waals surface area contributed by atoms with Crippen molar-refractivity contribution in [1.29, 1.82) is 0 Å². The molecule has 4 aromatic rings. The number of fused-ring (bicyclic) bond motifs is 1. The predicted molar refractivity (Wildman–Crippen MR) is 116 cm³/mol. The fraction of sp³-hybridized carbons (Fsp3) is 0.0833. The van der Waals surface area contributed by atoms with E-state index in [4.69, 9.17) is 9.15 Å². The summed E-state index contributed by atoms with van der Waals surface area (Å²) in [6, 6.07) is 21.3. The first kappa shape index (κ1) is 19.3. The van der Waals surface area contributed by atoms with Gasteiger partial charge in [-0.25, -0.2) is 0 Å². The standard InChI is InChI=1S/C24H20N2O4/c1-15-18-7-3-5-9-20(18)30-22(15)24(28)25-17-13-11-16(12-14-17)23(27)26-19-8-4-6-10-21(19)29-2/h3-14H,1-2H3,(H,25,28)(H,26,27). The minimum Gasteiger partial charge on any atom is -0.495 e. The number of hydrogen-bond acceptors (Lipinski definition) is 4. The summed E-state index contributed by atoms with van der Waals surface area (Å²) in [6.45, 7) is 1.85. The second-order valence-electron chi connectivity index (χ2n) is 6.74. The fourth-order valence-corrected chi connectivity index (χ4v) is 3.23. The van der Waals surface area contributed by atoms with E-state index in [1.807, 2.05) is 43.3 Å². The number of anilines is 2. The molecule has 2 N–H and O–H groups in total. The van der Waals surface area contributed by atoms with E-state index in [1.165, 1.54) is 0 Å². The highest BCUT2D eigenvalue weighted by atomic mass is 16.5. The molecular formula is C24H20N2O4. The lowest BCUT2D eigenvalue weighted by molar-refractivity contribution is 0.0996. The van der Waals surface area contributed by atoms with Crippen LogP contribution in [0.4, 0.5) is 11.4 Å². The van der Waals surface area contributed by atoms with Crippen LogP contribution in [0.1, 0.15) is 26.5 Å². The van der Waals surface area contributed by atoms with Crippen molar-refractivity contribution in [1.82, 2.24) is 0 Å². The van der Waals surface area contributed by atoms with E-state index in [9.17, 15) is 9.59 Å². The third-order valence-electron chi connectivity index (χ3n) is 4.81. The van der Waals surface area contributed by atoms with Gasteiger partial charge in [-0.05, 0) is 49.4 Å². The average molecular weight is 400 g/mol. The number of carbonyl (C=O) groups excluding carboxylic acids is 2. The molecule has 0 unspecified atom stereocenters. The van der Waals surface area contributed by atoms with Crippen LogP contribution >= 0.6 is 0 Å². The third-order valence-corrected chi connectivity index (χ3v) is 4.81. The van der Waals surface area contributed by atoms with E-state index in [0.29, 0.717) is 28.3 Å². The van der Waals surface area contributed by atoms with Crippen LogP contribution in [0, 0.1) is 6.92 Å². The number of methoxy groups -OCH3 is 1. The molecule has 0 bridgehead atoms. The maximum absolute atomic E-state index is 12.6. The molecule has 6 nitrogen and oxygen atoms in total. The van der Waals surface area contributed by atoms with Gasteiger partial charge >= 0.3 is 0 Å². The van der Waals surface area contributed by atoms with Gasteiger partial charge in [0.15, 0.2) is 5.76 Å². The summed E-state index contributed by atoms with van der Waals surface area (Å²) in [7, 11) is 1.55. The summed E-state index contributed by atoms with van der Waals surface area (Å²) in [5.74, 6) is 0.241. The number of furan rings is 1. The number of para-hydroxylation sites is 3. The van der Waals surface area contributed by atoms with Crippen LogP contribution in [-0.2, 0) is 0 Å². The molecule has 150 valence electrons. The van der Waals surface area contributed by atoms with Crippen molar-refractivity contribution in [2.75, 3.05) is 17.7 Å². The zero-order valence-electron chi connectivity index (χ0n) is 16.6. The topological polar surface area (TPSA) is 80.6 Å². The number of hydrogen-bond donors (Lipinski definition) is 2. The van der Waals surface area contributed by atoms with Gasteiger partial charge < -0.3 is 19.8 Å². The monoisotopic (exact) mass is 400 g/mol. The van der Waals surface area contributed by atoms with Crippen molar-refractivity contribution in [2.24, 2.45) is 0 Å². The molecule has 0 spiro atoms. The Morgan fingerprint density at radius 2 is 1.53 bits per heavy atom. The number of benzene rings is 3. The Kier molecular flexibility index (Phi) is 5.22. The van der Waals surface area contributed by atoms with Crippen LogP contribution in [0.5, 0.6) is 5.75 Å². The van der Waals surface area contributed by atoms with E-state index in [2.05, 4.69) is 10.6 Å². The number of nitrogens with one attached hydrogen (secondary N) is 2. The van der Waals surface area contributed by atoms with Gasteiger partial charge in [0.1, 0.15) is 11.3 Å². The Bertz CT molecular complexity index is 1230. The molecule has 3 aromatic carbocycles. The Balaban J connectivity index is 1.47. The van der Waals surface area contributed by atoms with E-state index >= 15 is 0 Å². The molecule has 0 fully saturated rings. The Labute approximate surface area is 173 Å². The van der Waals surface area contributed by atoms with Gasteiger partial charge in [-0.3, -0.25) is 9.59 Å². The van der Waals surface area contributed by atoms with Crippen molar-refractivity contribution in [3.8, 4) is 5.75 Å². The van der Waals surface area contributed by atoms with Gasteiger partial charge in [-0.15, -0.1) is 0 Å². The number of amides is 2. The largest absolute Gasteiger partial charge is 0.495 e. The molecule has 30 heavy (non-hydrogen) atoms. The molecule has 4 rings (SSSR count). The van der Waals surface area contributed by atoms with Crippen LogP contribution in [0.25, 0.3) is 11.0 Å². The number of aryl methyl sites for hydroxylation is 1. The second kappa shape index (κ2) is 8.13. The van der Waals surface area contributed by atoms with Crippen LogP contribution in [0.15, 0.2) is 77.2 Å². The van der Waals surface area contributed by atoms with Crippen LogP contribution in [0.2, 0.25) is 0 Å². The summed E-state index contributed by atoms with van der Waals surface area (Å²) in [4.78, 5) is 25.1. The number of carbonyl (C=O) groups is 2. The Hall–Kier alpha value is -4.06. The van der Waals surface area contributed by atoms with E-state index in [1.54, 1.807) is 43.5 Å². The van der Waals surface area contributed by atoms with Crippen LogP contribution in [-0.4, -0.2) is 18.9 Å². The van der Waals surface area contributed by atoms with Gasteiger partial charge in [0.2, 0.25) is 0 Å². The lowest BCUT2D eigenvalue weighted by Gasteiger charge is -2.10. The van der Waals surface area contributed by atoms with Crippen molar-refractivity contribution in [3.05, 3.63) is 89.7 Å². The normalized spacial score (nSPS) is 10.6. The Morgan fingerprint density at radius 3 is 2.27 bits per heavy atom. The zero-order valence-corrected chi connectivity index (χ0v) is 16.6. The highest BCUT2D eigenvalue weighted by Crippen LogP contribution is 2.26. The minimum absolute atomic E-state index is 0.272. The van der Waals surface area contributed by atoms with Crippen molar-refractivity contribution < 1.29 is 18.7 Å². The molecule has 0 aliphatic carbocycles. The summed E-state index contributed by atoms with van der Waals surface area (Å²) >= 11 is 0. The van der Waals surface area contributed by atoms with E-state index in [0.717, 1.165) is 10.9 Å². The average Bonchev–Trinajstić information content (AvgIpc) is 3.11. The molecule has 0 atom stereocenters. The van der Waals surface area contributed by atoms with Gasteiger partial charge in [-0.1, -0.05) is 30.3 Å². The number of ether oxygens (including phenoxy) is 1. The van der Waals surface area contributed by atoms with Gasteiger partial charge in [-0.2, -0.15) is 0 Å². The molecule has 0 aliphatic heterocycles. The SMILES string of the molecule is COc1ccccc1NC(=O)c1ccc(NC(=O)c2oc3ccccc3c2C)cc1. The molecule has 0 saturated heterocycles. The van der Waals surface area contributed by atoms with Crippen molar-refractivity contribution in [3.63, 3.8) is 0 Å². The molecule has 0 aliphatic rings. The lowest BCUT2D eigenvalue weighted by atomic mass is 10.1. The molecule has 0 radical (unpaired) electrons. The quantitative estimate of drug-likeness (QED) is 0.479. The Morgan fingerprint density at radius 1 is 0.833 bits per heavy atom. The minimum atomic E-state index is -0.338. The maximum Gasteiger partial charge on any atom is 0.291 e. The summed E-state index contributed by atoms with van der Waals surface area (Å²) in [5.41, 5.74) is 3.06. The second-order valence-corrected chi connectivity index (χ2v) is 6.74. The van der Waals surface area contributed by atoms with E-state index < -0.39 is 0 Å². The highest BCUT2D eigenvalue weighted by Gasteiger charge is 2.17. The van der Waals surface area contributed by atoms with Crippen LogP contribution < -0.4 is 15.4 Å². The molecule has 1 heterocycles. The highest BCUT2D eigenvalue weighted by molar-refractivity contribution is 6.07. The molecule has 2 amide bonds.